The number of benzene rings is 1. The van der Waals surface area contributed by atoms with Crippen molar-refractivity contribution in [3.05, 3.63) is 41.5 Å². The van der Waals surface area contributed by atoms with E-state index in [1.807, 2.05) is 19.9 Å². The van der Waals surface area contributed by atoms with Crippen LogP contribution >= 0.6 is 0 Å². The van der Waals surface area contributed by atoms with Gasteiger partial charge in [-0.3, -0.25) is 4.79 Å². The zero-order valence-corrected chi connectivity index (χ0v) is 11.9. The summed E-state index contributed by atoms with van der Waals surface area (Å²) in [4.78, 5) is 14.2. The number of nitrogen functional groups attached to an aromatic ring is 1. The van der Waals surface area contributed by atoms with Crippen LogP contribution in [0.2, 0.25) is 0 Å². The van der Waals surface area contributed by atoms with E-state index in [1.54, 1.807) is 24.2 Å². The molecule has 4 heteroatoms. The van der Waals surface area contributed by atoms with Gasteiger partial charge in [-0.1, -0.05) is 12.1 Å². The van der Waals surface area contributed by atoms with E-state index in [2.05, 4.69) is 6.58 Å². The minimum atomic E-state index is -0.0406. The summed E-state index contributed by atoms with van der Waals surface area (Å²) in [5.41, 5.74) is 9.08. The van der Waals surface area contributed by atoms with E-state index in [0.717, 1.165) is 11.1 Å². The fourth-order valence-electron chi connectivity index (χ4n) is 1.90. The first-order valence-corrected chi connectivity index (χ1v) is 6.27. The van der Waals surface area contributed by atoms with Gasteiger partial charge in [0.05, 0.1) is 6.61 Å². The maximum absolute atomic E-state index is 12.5. The Kier molecular flexibility index (Phi) is 5.57. The monoisotopic (exact) mass is 262 g/mol. The molecule has 0 aliphatic carbocycles. The van der Waals surface area contributed by atoms with Crippen LogP contribution in [0.5, 0.6) is 0 Å². The molecule has 1 aromatic rings. The van der Waals surface area contributed by atoms with Gasteiger partial charge in [-0.15, -0.1) is 6.58 Å². The molecule has 0 unspecified atom stereocenters. The number of carbonyl (C=O) groups excluding carboxylic acids is 1. The minimum Gasteiger partial charge on any atom is -0.398 e. The lowest BCUT2D eigenvalue weighted by Crippen LogP contribution is -2.34. The smallest absolute Gasteiger partial charge is 0.254 e. The lowest BCUT2D eigenvalue weighted by atomic mass is 10.0. The van der Waals surface area contributed by atoms with Crippen LogP contribution in [-0.2, 0) is 4.74 Å². The summed E-state index contributed by atoms with van der Waals surface area (Å²) in [6, 6.07) is 3.68. The molecule has 2 N–H and O–H groups in total. The fraction of sp³-hybridized carbons (Fsp3) is 0.400. The molecule has 1 aromatic carbocycles. The van der Waals surface area contributed by atoms with Crippen LogP contribution in [0.3, 0.4) is 0 Å². The quantitative estimate of drug-likeness (QED) is 0.631. The molecule has 0 radical (unpaired) electrons. The van der Waals surface area contributed by atoms with Gasteiger partial charge in [0, 0.05) is 31.5 Å². The Morgan fingerprint density at radius 1 is 1.42 bits per heavy atom. The maximum Gasteiger partial charge on any atom is 0.254 e. The molecule has 1 rings (SSSR count). The standard InChI is InChI=1S/C15H22N2O2/c1-5-6-17(7-8-19-4)15(18)13-10-14(16)12(3)9-11(13)2/h5,9-10H,1,6-8,16H2,2-4H3. The molecule has 1 amide bonds. The van der Waals surface area contributed by atoms with Crippen LogP contribution in [-0.4, -0.2) is 37.6 Å². The number of carbonyl (C=O) groups is 1. The van der Waals surface area contributed by atoms with Gasteiger partial charge in [0.15, 0.2) is 0 Å². The highest BCUT2D eigenvalue weighted by atomic mass is 16.5. The Bertz CT molecular complexity index is 469. The number of methoxy groups -OCH3 is 1. The number of nitrogens with zero attached hydrogens (tertiary/aromatic N) is 1. The van der Waals surface area contributed by atoms with Gasteiger partial charge in [0.1, 0.15) is 0 Å². The van der Waals surface area contributed by atoms with Crippen molar-refractivity contribution in [1.82, 2.24) is 4.90 Å². The van der Waals surface area contributed by atoms with Gasteiger partial charge in [-0.25, -0.2) is 0 Å². The molecule has 0 aromatic heterocycles. The molecule has 0 fully saturated rings. The zero-order valence-electron chi connectivity index (χ0n) is 11.9. The molecule has 0 aliphatic heterocycles. The lowest BCUT2D eigenvalue weighted by molar-refractivity contribution is 0.0717. The number of nitrogens with two attached hydrogens (primary N) is 1. The van der Waals surface area contributed by atoms with Crippen LogP contribution in [0.1, 0.15) is 21.5 Å². The molecule has 0 saturated heterocycles. The molecular formula is C15H22N2O2. The molecule has 104 valence electrons. The van der Waals surface area contributed by atoms with Crippen molar-refractivity contribution in [1.29, 1.82) is 0 Å². The molecular weight excluding hydrogens is 240 g/mol. The summed E-state index contributed by atoms with van der Waals surface area (Å²) in [7, 11) is 1.62. The Balaban J connectivity index is 3.01. The number of amides is 1. The average molecular weight is 262 g/mol. The molecule has 0 aliphatic rings. The van der Waals surface area contributed by atoms with Crippen molar-refractivity contribution < 1.29 is 9.53 Å². The number of ether oxygens (including phenoxy) is 1. The molecule has 4 nitrogen and oxygen atoms in total. The Morgan fingerprint density at radius 3 is 2.68 bits per heavy atom. The summed E-state index contributed by atoms with van der Waals surface area (Å²) < 4.78 is 5.02. The van der Waals surface area contributed by atoms with Gasteiger partial charge in [0.2, 0.25) is 0 Å². The first kappa shape index (κ1) is 15.2. The van der Waals surface area contributed by atoms with Gasteiger partial charge < -0.3 is 15.4 Å². The third-order valence-corrected chi connectivity index (χ3v) is 3.05. The summed E-state index contributed by atoms with van der Waals surface area (Å²) in [6.07, 6.45) is 1.71. The van der Waals surface area contributed by atoms with E-state index in [0.29, 0.717) is 30.9 Å². The Labute approximate surface area is 114 Å². The van der Waals surface area contributed by atoms with Crippen LogP contribution in [0.4, 0.5) is 5.69 Å². The lowest BCUT2D eigenvalue weighted by Gasteiger charge is -2.22. The number of hydrogen-bond donors (Lipinski definition) is 1. The molecule has 0 saturated carbocycles. The second-order valence-corrected chi connectivity index (χ2v) is 4.56. The van der Waals surface area contributed by atoms with E-state index >= 15 is 0 Å². The summed E-state index contributed by atoms with van der Waals surface area (Å²) in [5.74, 6) is -0.0406. The van der Waals surface area contributed by atoms with Crippen LogP contribution in [0.15, 0.2) is 24.8 Å². The van der Waals surface area contributed by atoms with Crippen molar-refractivity contribution in [2.24, 2.45) is 0 Å². The summed E-state index contributed by atoms with van der Waals surface area (Å²) >= 11 is 0. The highest BCUT2D eigenvalue weighted by Gasteiger charge is 2.17. The van der Waals surface area contributed by atoms with E-state index in [1.165, 1.54) is 0 Å². The second-order valence-electron chi connectivity index (χ2n) is 4.56. The molecule has 0 spiro atoms. The normalized spacial score (nSPS) is 10.3. The largest absolute Gasteiger partial charge is 0.398 e. The summed E-state index contributed by atoms with van der Waals surface area (Å²) in [6.45, 7) is 9.06. The SMILES string of the molecule is C=CCN(CCOC)C(=O)c1cc(N)c(C)cc1C. The molecule has 0 bridgehead atoms. The van der Waals surface area contributed by atoms with Gasteiger partial charge in [0.25, 0.3) is 5.91 Å². The summed E-state index contributed by atoms with van der Waals surface area (Å²) in [5, 5.41) is 0. The topological polar surface area (TPSA) is 55.6 Å². The van der Waals surface area contributed by atoms with Gasteiger partial charge >= 0.3 is 0 Å². The molecule has 0 heterocycles. The minimum absolute atomic E-state index is 0.0406. The van der Waals surface area contributed by atoms with E-state index < -0.39 is 0 Å². The Morgan fingerprint density at radius 2 is 2.11 bits per heavy atom. The van der Waals surface area contributed by atoms with Gasteiger partial charge in [-0.2, -0.15) is 0 Å². The number of aryl methyl sites for hydroxylation is 2. The van der Waals surface area contributed by atoms with E-state index in [9.17, 15) is 4.79 Å². The number of anilines is 1. The third kappa shape index (κ3) is 3.83. The maximum atomic E-state index is 12.5. The van der Waals surface area contributed by atoms with Crippen molar-refractivity contribution in [2.45, 2.75) is 13.8 Å². The Hall–Kier alpha value is -1.81. The van der Waals surface area contributed by atoms with Crippen molar-refractivity contribution in [2.75, 3.05) is 32.5 Å². The first-order valence-electron chi connectivity index (χ1n) is 6.27. The predicted octanol–water partition coefficient (Wildman–Crippen LogP) is 2.16. The van der Waals surface area contributed by atoms with Crippen LogP contribution < -0.4 is 5.73 Å². The molecule has 0 atom stereocenters. The third-order valence-electron chi connectivity index (χ3n) is 3.05. The van der Waals surface area contributed by atoms with E-state index in [-0.39, 0.29) is 5.91 Å². The number of rotatable bonds is 6. The van der Waals surface area contributed by atoms with Gasteiger partial charge in [-0.05, 0) is 31.0 Å². The highest BCUT2D eigenvalue weighted by molar-refractivity contribution is 5.96. The predicted molar refractivity (Wildman–Crippen MR) is 78.3 cm³/mol. The van der Waals surface area contributed by atoms with Crippen molar-refractivity contribution in [3.8, 4) is 0 Å². The first-order chi connectivity index (χ1) is 9.01. The average Bonchev–Trinajstić information content (AvgIpc) is 2.38. The fourth-order valence-corrected chi connectivity index (χ4v) is 1.90. The molecule has 19 heavy (non-hydrogen) atoms. The van der Waals surface area contributed by atoms with E-state index in [4.69, 9.17) is 10.5 Å². The van der Waals surface area contributed by atoms with Crippen molar-refractivity contribution >= 4 is 11.6 Å². The zero-order chi connectivity index (χ0) is 14.4. The number of hydrogen-bond acceptors (Lipinski definition) is 3. The van der Waals surface area contributed by atoms with Crippen molar-refractivity contribution in [3.63, 3.8) is 0 Å². The van der Waals surface area contributed by atoms with Crippen LogP contribution in [0.25, 0.3) is 0 Å². The van der Waals surface area contributed by atoms with Crippen LogP contribution in [0, 0.1) is 13.8 Å². The second kappa shape index (κ2) is 6.95. The highest BCUT2D eigenvalue weighted by Crippen LogP contribution is 2.19.